The zero-order valence-electron chi connectivity index (χ0n) is 15.4. The third-order valence-corrected chi connectivity index (χ3v) is 4.83. The van der Waals surface area contributed by atoms with Crippen molar-refractivity contribution in [3.63, 3.8) is 0 Å². The van der Waals surface area contributed by atoms with Gasteiger partial charge in [0.1, 0.15) is 0 Å². The van der Waals surface area contributed by atoms with E-state index in [2.05, 4.69) is 41.5 Å². The van der Waals surface area contributed by atoms with Crippen LogP contribution in [0.25, 0.3) is 0 Å². The first-order valence-electron chi connectivity index (χ1n) is 7.73. The van der Waals surface area contributed by atoms with Gasteiger partial charge < -0.3 is 0 Å². The Labute approximate surface area is 136 Å². The molecule has 0 fully saturated rings. The van der Waals surface area contributed by atoms with Crippen LogP contribution >= 0.6 is 7.94 Å². The molecule has 0 radical (unpaired) electrons. The molecule has 0 heterocycles. The molecule has 3 N–H and O–H groups in total. The van der Waals surface area contributed by atoms with Crippen molar-refractivity contribution < 1.29 is 14.7 Å². The summed E-state index contributed by atoms with van der Waals surface area (Å²) in [6, 6.07) is 3.62. The second-order valence-corrected chi connectivity index (χ2v) is 10.8. The summed E-state index contributed by atoms with van der Waals surface area (Å²) in [5.74, 6) is 0. The first kappa shape index (κ1) is 19.6. The molecule has 1 rings (SSSR count). The van der Waals surface area contributed by atoms with Crippen LogP contribution in [0.3, 0.4) is 0 Å². The van der Waals surface area contributed by atoms with Crippen molar-refractivity contribution in [2.45, 2.75) is 78.6 Å². The Morgan fingerprint density at radius 3 is 1.32 bits per heavy atom. The van der Waals surface area contributed by atoms with Gasteiger partial charge in [-0.25, -0.2) is 0 Å². The van der Waals surface area contributed by atoms with Gasteiger partial charge in [0.25, 0.3) is 0 Å². The molecule has 1 aromatic rings. The van der Waals surface area contributed by atoms with E-state index in [1.165, 1.54) is 5.56 Å². The summed E-state index contributed by atoms with van der Waals surface area (Å²) in [6.45, 7) is 19.0. The number of hydrogen-bond acceptors (Lipinski definition) is 3. The van der Waals surface area contributed by atoms with E-state index >= 15 is 0 Å². The van der Waals surface area contributed by atoms with Gasteiger partial charge in [-0.1, -0.05) is 68.4 Å². The van der Waals surface area contributed by atoms with Gasteiger partial charge in [0.15, 0.2) is 5.30 Å². The number of benzene rings is 1. The zero-order chi connectivity index (χ0) is 17.7. The lowest BCUT2D eigenvalue weighted by Gasteiger charge is -2.37. The molecule has 0 aliphatic heterocycles. The third kappa shape index (κ3) is 4.08. The second-order valence-electron chi connectivity index (χ2n) is 9.20. The van der Waals surface area contributed by atoms with E-state index in [-0.39, 0.29) is 21.5 Å². The van der Waals surface area contributed by atoms with Gasteiger partial charge in [0.05, 0.1) is 0 Å². The summed E-state index contributed by atoms with van der Waals surface area (Å²) in [5.41, 5.74) is 2.60. The highest BCUT2D eigenvalue weighted by atomic mass is 31.2. The van der Waals surface area contributed by atoms with Crippen LogP contribution in [0.15, 0.2) is 12.1 Å². The Balaban J connectivity index is 4.02. The van der Waals surface area contributed by atoms with Crippen molar-refractivity contribution in [2.24, 2.45) is 0 Å². The summed E-state index contributed by atoms with van der Waals surface area (Å²) in [6.07, 6.45) is 0. The van der Waals surface area contributed by atoms with Gasteiger partial charge in [-0.15, -0.1) is 0 Å². The van der Waals surface area contributed by atoms with E-state index in [0.717, 1.165) is 11.1 Å². The Kier molecular flexibility index (Phi) is 4.95. The standard InChI is InChI=1S/C18H32O3P/c1-16(2,3)12-10-11-13(22(19,20)21)15(18(7,8)9)14(12)17(4,5)6/h10-11,19-21H,1-9H3/q+1. The maximum atomic E-state index is 9.94. The molecule has 0 aromatic heterocycles. The van der Waals surface area contributed by atoms with E-state index in [4.69, 9.17) is 0 Å². The molecule has 0 aliphatic rings. The van der Waals surface area contributed by atoms with Crippen molar-refractivity contribution in [1.82, 2.24) is 0 Å². The predicted octanol–water partition coefficient (Wildman–Crippen LogP) is 3.94. The van der Waals surface area contributed by atoms with Crippen LogP contribution in [0.5, 0.6) is 0 Å². The maximum Gasteiger partial charge on any atom is 0.441 e. The molecule has 0 aliphatic carbocycles. The largest absolute Gasteiger partial charge is 0.441 e. The van der Waals surface area contributed by atoms with Crippen LogP contribution in [0, 0.1) is 0 Å². The quantitative estimate of drug-likeness (QED) is 0.685. The maximum absolute atomic E-state index is 9.94. The first-order chi connectivity index (χ1) is 9.47. The van der Waals surface area contributed by atoms with Crippen molar-refractivity contribution >= 4 is 13.2 Å². The molecular weight excluding hydrogens is 295 g/mol. The molecule has 0 amide bonds. The molecule has 0 unspecified atom stereocenters. The lowest BCUT2D eigenvalue weighted by atomic mass is 9.69. The van der Waals surface area contributed by atoms with Crippen molar-refractivity contribution in [2.75, 3.05) is 0 Å². The van der Waals surface area contributed by atoms with Crippen molar-refractivity contribution in [3.8, 4) is 0 Å². The molecule has 0 atom stereocenters. The average molecular weight is 327 g/mol. The molecule has 1 aromatic carbocycles. The first-order valence-corrected chi connectivity index (χ1v) is 9.38. The molecule has 126 valence electrons. The summed E-state index contributed by atoms with van der Waals surface area (Å²) in [7, 11) is -4.07. The lowest BCUT2D eigenvalue weighted by molar-refractivity contribution is 0.345. The Hall–Kier alpha value is -0.470. The van der Waals surface area contributed by atoms with Gasteiger partial charge in [0.2, 0.25) is 0 Å². The Morgan fingerprint density at radius 1 is 0.636 bits per heavy atom. The fraction of sp³-hybridized carbons (Fsp3) is 0.667. The van der Waals surface area contributed by atoms with E-state index in [0.29, 0.717) is 0 Å². The van der Waals surface area contributed by atoms with E-state index in [9.17, 15) is 14.7 Å². The highest BCUT2D eigenvalue weighted by molar-refractivity contribution is 7.66. The SMILES string of the molecule is CC(C)(C)c1ccc([P+](O)(O)O)c(C(C)(C)C)c1C(C)(C)C. The lowest BCUT2D eigenvalue weighted by Crippen LogP contribution is -2.34. The van der Waals surface area contributed by atoms with E-state index in [1.54, 1.807) is 6.07 Å². The number of hydrogen-bond donors (Lipinski definition) is 3. The summed E-state index contributed by atoms with van der Waals surface area (Å²) >= 11 is 0. The van der Waals surface area contributed by atoms with Crippen molar-refractivity contribution in [1.29, 1.82) is 0 Å². The normalized spacial score (nSPS) is 14.4. The minimum atomic E-state index is -4.07. The monoisotopic (exact) mass is 327 g/mol. The molecule has 0 spiro atoms. The molecule has 0 saturated carbocycles. The van der Waals surface area contributed by atoms with Gasteiger partial charge in [-0.05, 0) is 33.4 Å². The van der Waals surface area contributed by atoms with Gasteiger partial charge >= 0.3 is 7.94 Å². The minimum Gasteiger partial charge on any atom is -0.189 e. The van der Waals surface area contributed by atoms with Gasteiger partial charge in [-0.3, -0.25) is 0 Å². The third-order valence-electron chi connectivity index (χ3n) is 3.81. The molecule has 22 heavy (non-hydrogen) atoms. The highest BCUT2D eigenvalue weighted by Crippen LogP contribution is 2.49. The summed E-state index contributed by atoms with van der Waals surface area (Å²) in [4.78, 5) is 29.8. The predicted molar refractivity (Wildman–Crippen MR) is 95.8 cm³/mol. The summed E-state index contributed by atoms with van der Waals surface area (Å²) in [5, 5.41) is 0.276. The van der Waals surface area contributed by atoms with Crippen LogP contribution < -0.4 is 5.30 Å². The zero-order valence-corrected chi connectivity index (χ0v) is 16.3. The highest BCUT2D eigenvalue weighted by Gasteiger charge is 2.44. The minimum absolute atomic E-state index is 0.0669. The van der Waals surface area contributed by atoms with Gasteiger partial charge in [0, 0.05) is 5.56 Å². The molecular formula is C18H32O3P+. The summed E-state index contributed by atoms with van der Waals surface area (Å²) < 4.78 is 0. The fourth-order valence-electron chi connectivity index (χ4n) is 3.00. The van der Waals surface area contributed by atoms with Crippen LogP contribution in [-0.4, -0.2) is 14.7 Å². The van der Waals surface area contributed by atoms with Gasteiger partial charge in [-0.2, -0.15) is 14.7 Å². The number of rotatable bonds is 1. The Bertz CT molecular complexity index is 499. The molecule has 3 nitrogen and oxygen atoms in total. The second kappa shape index (κ2) is 5.56. The van der Waals surface area contributed by atoms with Crippen LogP contribution in [0.1, 0.15) is 79.0 Å². The topological polar surface area (TPSA) is 60.7 Å². The van der Waals surface area contributed by atoms with Crippen LogP contribution in [0.4, 0.5) is 0 Å². The Morgan fingerprint density at radius 2 is 1.05 bits per heavy atom. The van der Waals surface area contributed by atoms with Crippen LogP contribution in [-0.2, 0) is 16.2 Å². The van der Waals surface area contributed by atoms with Crippen molar-refractivity contribution in [3.05, 3.63) is 28.8 Å². The average Bonchev–Trinajstić information content (AvgIpc) is 2.22. The van der Waals surface area contributed by atoms with E-state index in [1.807, 2.05) is 26.8 Å². The molecule has 4 heteroatoms. The smallest absolute Gasteiger partial charge is 0.189 e. The molecule has 0 saturated heterocycles. The van der Waals surface area contributed by atoms with Crippen LogP contribution in [0.2, 0.25) is 0 Å². The van der Waals surface area contributed by atoms with E-state index < -0.39 is 7.94 Å². The fourth-order valence-corrected chi connectivity index (χ4v) is 4.03. The molecule has 0 bridgehead atoms.